The number of benzene rings is 1. The fourth-order valence-electron chi connectivity index (χ4n) is 1.20. The fraction of sp³-hybridized carbons (Fsp3) is 0.364. The summed E-state index contributed by atoms with van der Waals surface area (Å²) < 4.78 is 0. The van der Waals surface area contributed by atoms with E-state index in [2.05, 4.69) is 5.32 Å². The van der Waals surface area contributed by atoms with Gasteiger partial charge in [-0.2, -0.15) is 0 Å². The standard InChI is InChI=1S/C11H12Cl3NO/c1-7-4-5-8(13)11(10(7)14)15-9(16)3-2-6-12/h4-5H,2-3,6H2,1H3,(H,15,16). The molecular weight excluding hydrogens is 268 g/mol. The van der Waals surface area contributed by atoms with Crippen LogP contribution in [-0.4, -0.2) is 11.8 Å². The van der Waals surface area contributed by atoms with Gasteiger partial charge < -0.3 is 5.32 Å². The van der Waals surface area contributed by atoms with Gasteiger partial charge in [0.25, 0.3) is 0 Å². The summed E-state index contributed by atoms with van der Waals surface area (Å²) in [5.74, 6) is 0.331. The monoisotopic (exact) mass is 279 g/mol. The van der Waals surface area contributed by atoms with Crippen LogP contribution in [-0.2, 0) is 4.79 Å². The molecule has 1 amide bonds. The third kappa shape index (κ3) is 3.55. The minimum atomic E-state index is -0.130. The number of carbonyl (C=O) groups is 1. The minimum absolute atomic E-state index is 0.130. The second-order valence-corrected chi connectivity index (χ2v) is 4.56. The first-order chi connectivity index (χ1) is 7.56. The number of hydrogen-bond acceptors (Lipinski definition) is 1. The lowest BCUT2D eigenvalue weighted by molar-refractivity contribution is -0.116. The van der Waals surface area contributed by atoms with Gasteiger partial charge in [0.1, 0.15) is 0 Å². The SMILES string of the molecule is Cc1ccc(Cl)c(NC(=O)CCCCl)c1Cl. The molecule has 16 heavy (non-hydrogen) atoms. The first-order valence-corrected chi connectivity index (χ1v) is 6.15. The van der Waals surface area contributed by atoms with Crippen LogP contribution in [0.2, 0.25) is 10.0 Å². The molecule has 88 valence electrons. The summed E-state index contributed by atoms with van der Waals surface area (Å²) in [6.45, 7) is 1.85. The highest BCUT2D eigenvalue weighted by Gasteiger charge is 2.11. The second-order valence-electron chi connectivity index (χ2n) is 3.39. The zero-order chi connectivity index (χ0) is 12.1. The molecule has 0 radical (unpaired) electrons. The van der Waals surface area contributed by atoms with E-state index in [0.29, 0.717) is 34.5 Å². The van der Waals surface area contributed by atoms with E-state index in [0.717, 1.165) is 5.56 Å². The summed E-state index contributed by atoms with van der Waals surface area (Å²) >= 11 is 17.5. The predicted molar refractivity (Wildman–Crippen MR) is 69.8 cm³/mol. The van der Waals surface area contributed by atoms with E-state index in [1.165, 1.54) is 0 Å². The third-order valence-electron chi connectivity index (χ3n) is 2.09. The van der Waals surface area contributed by atoms with Crippen LogP contribution in [0, 0.1) is 6.92 Å². The first kappa shape index (κ1) is 13.6. The van der Waals surface area contributed by atoms with Crippen molar-refractivity contribution in [1.82, 2.24) is 0 Å². The van der Waals surface area contributed by atoms with Gasteiger partial charge in [-0.3, -0.25) is 4.79 Å². The molecule has 0 saturated heterocycles. The normalized spacial score (nSPS) is 10.2. The molecule has 0 aliphatic heterocycles. The Morgan fingerprint density at radius 2 is 2.06 bits per heavy atom. The van der Waals surface area contributed by atoms with Gasteiger partial charge >= 0.3 is 0 Å². The van der Waals surface area contributed by atoms with Gasteiger partial charge in [0.15, 0.2) is 0 Å². The van der Waals surface area contributed by atoms with Crippen LogP contribution >= 0.6 is 34.8 Å². The largest absolute Gasteiger partial charge is 0.324 e. The van der Waals surface area contributed by atoms with Gasteiger partial charge in [-0.05, 0) is 25.0 Å². The van der Waals surface area contributed by atoms with Crippen LogP contribution in [0.4, 0.5) is 5.69 Å². The molecule has 0 saturated carbocycles. The second kappa shape index (κ2) is 6.33. The van der Waals surface area contributed by atoms with Gasteiger partial charge in [-0.1, -0.05) is 29.3 Å². The topological polar surface area (TPSA) is 29.1 Å². The maximum atomic E-state index is 11.5. The molecule has 2 nitrogen and oxygen atoms in total. The molecular formula is C11H12Cl3NO. The number of anilines is 1. The van der Waals surface area contributed by atoms with Gasteiger partial charge in [0.05, 0.1) is 15.7 Å². The molecule has 0 aliphatic carbocycles. The zero-order valence-electron chi connectivity index (χ0n) is 8.82. The lowest BCUT2D eigenvalue weighted by Crippen LogP contribution is -2.12. The van der Waals surface area contributed by atoms with Crippen molar-refractivity contribution in [2.75, 3.05) is 11.2 Å². The van der Waals surface area contributed by atoms with Gasteiger partial charge in [0, 0.05) is 12.3 Å². The summed E-state index contributed by atoms with van der Waals surface area (Å²) in [7, 11) is 0. The Morgan fingerprint density at radius 3 is 2.69 bits per heavy atom. The Labute approximate surface area is 110 Å². The molecule has 1 N–H and O–H groups in total. The zero-order valence-corrected chi connectivity index (χ0v) is 11.1. The van der Waals surface area contributed by atoms with E-state index in [1.54, 1.807) is 12.1 Å². The van der Waals surface area contributed by atoms with E-state index in [4.69, 9.17) is 34.8 Å². The number of carbonyl (C=O) groups excluding carboxylic acids is 1. The summed E-state index contributed by atoms with van der Waals surface area (Å²) in [6.07, 6.45) is 0.999. The number of amides is 1. The van der Waals surface area contributed by atoms with E-state index in [1.807, 2.05) is 6.92 Å². The van der Waals surface area contributed by atoms with Crippen LogP contribution in [0.15, 0.2) is 12.1 Å². The lowest BCUT2D eigenvalue weighted by atomic mass is 10.2. The average molecular weight is 281 g/mol. The van der Waals surface area contributed by atoms with Crippen molar-refractivity contribution in [3.63, 3.8) is 0 Å². The molecule has 1 rings (SSSR count). The highest BCUT2D eigenvalue weighted by molar-refractivity contribution is 6.40. The van der Waals surface area contributed by atoms with Crippen molar-refractivity contribution in [2.24, 2.45) is 0 Å². The maximum Gasteiger partial charge on any atom is 0.224 e. The number of aryl methyl sites for hydroxylation is 1. The Bertz CT molecular complexity index is 393. The number of alkyl halides is 1. The predicted octanol–water partition coefficient (Wildman–Crippen LogP) is 4.26. The molecule has 1 aromatic carbocycles. The summed E-state index contributed by atoms with van der Waals surface area (Å²) in [6, 6.07) is 3.51. The summed E-state index contributed by atoms with van der Waals surface area (Å²) in [5.41, 5.74) is 1.35. The molecule has 0 heterocycles. The van der Waals surface area contributed by atoms with E-state index in [-0.39, 0.29) is 5.91 Å². The van der Waals surface area contributed by atoms with Crippen molar-refractivity contribution in [2.45, 2.75) is 19.8 Å². The lowest BCUT2D eigenvalue weighted by Gasteiger charge is -2.10. The highest BCUT2D eigenvalue weighted by Crippen LogP contribution is 2.32. The molecule has 0 aliphatic rings. The van der Waals surface area contributed by atoms with Crippen LogP contribution in [0.3, 0.4) is 0 Å². The van der Waals surface area contributed by atoms with E-state index < -0.39 is 0 Å². The molecule has 0 atom stereocenters. The maximum absolute atomic E-state index is 11.5. The van der Waals surface area contributed by atoms with Crippen LogP contribution < -0.4 is 5.32 Å². The molecule has 1 aromatic rings. The van der Waals surface area contributed by atoms with Gasteiger partial charge in [-0.15, -0.1) is 11.6 Å². The van der Waals surface area contributed by atoms with Crippen molar-refractivity contribution < 1.29 is 4.79 Å². The van der Waals surface area contributed by atoms with Crippen molar-refractivity contribution in [1.29, 1.82) is 0 Å². The van der Waals surface area contributed by atoms with E-state index in [9.17, 15) is 4.79 Å². The quantitative estimate of drug-likeness (QED) is 0.820. The first-order valence-electron chi connectivity index (χ1n) is 4.86. The highest BCUT2D eigenvalue weighted by atomic mass is 35.5. The number of halogens is 3. The minimum Gasteiger partial charge on any atom is -0.324 e. The number of rotatable bonds is 4. The molecule has 5 heteroatoms. The van der Waals surface area contributed by atoms with Crippen LogP contribution in [0.25, 0.3) is 0 Å². The van der Waals surface area contributed by atoms with Crippen molar-refractivity contribution in [3.05, 3.63) is 27.7 Å². The number of nitrogens with one attached hydrogen (secondary N) is 1. The summed E-state index contributed by atoms with van der Waals surface area (Å²) in [5, 5.41) is 3.61. The fourth-order valence-corrected chi connectivity index (χ4v) is 1.80. The number of hydrogen-bond donors (Lipinski definition) is 1. The van der Waals surface area contributed by atoms with E-state index >= 15 is 0 Å². The molecule has 0 unspecified atom stereocenters. The Morgan fingerprint density at radius 1 is 1.38 bits per heavy atom. The third-order valence-corrected chi connectivity index (χ3v) is 3.16. The molecule has 0 aromatic heterocycles. The Hall–Kier alpha value is -0.440. The summed E-state index contributed by atoms with van der Waals surface area (Å²) in [4.78, 5) is 11.5. The smallest absolute Gasteiger partial charge is 0.224 e. The van der Waals surface area contributed by atoms with Crippen molar-refractivity contribution in [3.8, 4) is 0 Å². The average Bonchev–Trinajstić information content (AvgIpc) is 2.27. The van der Waals surface area contributed by atoms with Crippen LogP contribution in [0.5, 0.6) is 0 Å². The van der Waals surface area contributed by atoms with Crippen LogP contribution in [0.1, 0.15) is 18.4 Å². The molecule has 0 bridgehead atoms. The van der Waals surface area contributed by atoms with Crippen molar-refractivity contribution >= 4 is 46.4 Å². The molecule has 0 spiro atoms. The van der Waals surface area contributed by atoms with Gasteiger partial charge in [0.2, 0.25) is 5.91 Å². The molecule has 0 fully saturated rings. The Balaban J connectivity index is 2.80. The van der Waals surface area contributed by atoms with Gasteiger partial charge in [-0.25, -0.2) is 0 Å². The Kier molecular flexibility index (Phi) is 5.39.